The van der Waals surface area contributed by atoms with E-state index in [0.717, 1.165) is 16.9 Å². The number of likely N-dealkylation sites (N-methyl/N-ethyl adjacent to an activating group) is 1. The predicted octanol–water partition coefficient (Wildman–Crippen LogP) is 0.744. The molecule has 1 aromatic rings. The Labute approximate surface area is 123 Å². The third-order valence-electron chi connectivity index (χ3n) is 4.06. The minimum absolute atomic E-state index is 0.0355. The summed E-state index contributed by atoms with van der Waals surface area (Å²) >= 11 is 0. The van der Waals surface area contributed by atoms with Crippen LogP contribution in [0, 0.1) is 5.92 Å². The number of benzene rings is 1. The molecule has 1 aromatic carbocycles. The quantitative estimate of drug-likeness (QED) is 0.767. The highest BCUT2D eigenvalue weighted by molar-refractivity contribution is 5.96. The molecule has 6 heteroatoms. The summed E-state index contributed by atoms with van der Waals surface area (Å²) in [5, 5.41) is 8.87. The van der Waals surface area contributed by atoms with Gasteiger partial charge in [0.15, 0.2) is 0 Å². The number of amides is 2. The van der Waals surface area contributed by atoms with E-state index in [2.05, 4.69) is 16.0 Å². The summed E-state index contributed by atoms with van der Waals surface area (Å²) in [6.45, 7) is 1.00. The Balaban J connectivity index is 1.70. The van der Waals surface area contributed by atoms with Crippen molar-refractivity contribution in [2.45, 2.75) is 18.9 Å². The smallest absolute Gasteiger partial charge is 0.231 e. The lowest BCUT2D eigenvalue weighted by Crippen LogP contribution is -2.39. The van der Waals surface area contributed by atoms with Gasteiger partial charge in [-0.1, -0.05) is 0 Å². The maximum Gasteiger partial charge on any atom is 0.231 e. The first-order valence-electron chi connectivity index (χ1n) is 7.16. The van der Waals surface area contributed by atoms with Gasteiger partial charge in [-0.3, -0.25) is 9.59 Å². The minimum atomic E-state index is -0.175. The summed E-state index contributed by atoms with van der Waals surface area (Å²) in [5.41, 5.74) is 2.65. The van der Waals surface area contributed by atoms with Crippen molar-refractivity contribution in [3.8, 4) is 0 Å². The highest BCUT2D eigenvalue weighted by atomic mass is 16.5. The average molecular weight is 289 g/mol. The molecule has 21 heavy (non-hydrogen) atoms. The van der Waals surface area contributed by atoms with Crippen molar-refractivity contribution in [1.29, 1.82) is 0 Å². The first kappa shape index (κ1) is 14.0. The Hall–Kier alpha value is -1.92. The van der Waals surface area contributed by atoms with E-state index in [1.807, 2.05) is 25.2 Å². The normalized spacial score (nSPS) is 24.3. The van der Waals surface area contributed by atoms with Crippen LogP contribution in [0.4, 0.5) is 11.4 Å². The fraction of sp³-hybridized carbons (Fsp3) is 0.467. The number of rotatable bonds is 3. The molecule has 2 atom stereocenters. The van der Waals surface area contributed by atoms with Gasteiger partial charge in [-0.05, 0) is 37.2 Å². The molecule has 0 aromatic heterocycles. The van der Waals surface area contributed by atoms with Gasteiger partial charge in [-0.25, -0.2) is 0 Å². The molecule has 2 heterocycles. The number of aryl methyl sites for hydroxylation is 1. The topological polar surface area (TPSA) is 79.5 Å². The first-order valence-corrected chi connectivity index (χ1v) is 7.16. The summed E-state index contributed by atoms with van der Waals surface area (Å²) in [4.78, 5) is 23.6. The molecular weight excluding hydrogens is 270 g/mol. The molecule has 0 radical (unpaired) electrons. The van der Waals surface area contributed by atoms with Gasteiger partial charge < -0.3 is 20.7 Å². The molecule has 3 rings (SSSR count). The maximum atomic E-state index is 12.3. The lowest BCUT2D eigenvalue weighted by atomic mass is 10.0. The van der Waals surface area contributed by atoms with Crippen LogP contribution in [0.25, 0.3) is 0 Å². The molecule has 2 aliphatic heterocycles. The van der Waals surface area contributed by atoms with Crippen molar-refractivity contribution in [3.05, 3.63) is 23.8 Å². The molecule has 112 valence electrons. The Bertz CT molecular complexity index is 573. The van der Waals surface area contributed by atoms with E-state index in [0.29, 0.717) is 26.1 Å². The first-order chi connectivity index (χ1) is 10.2. The Morgan fingerprint density at radius 1 is 1.33 bits per heavy atom. The van der Waals surface area contributed by atoms with E-state index in [1.165, 1.54) is 0 Å². The molecule has 0 bridgehead atoms. The fourth-order valence-electron chi connectivity index (χ4n) is 2.79. The van der Waals surface area contributed by atoms with E-state index < -0.39 is 0 Å². The second-order valence-electron chi connectivity index (χ2n) is 5.45. The van der Waals surface area contributed by atoms with Gasteiger partial charge in [-0.15, -0.1) is 0 Å². The molecule has 0 saturated carbocycles. The van der Waals surface area contributed by atoms with Crippen LogP contribution in [-0.2, 0) is 20.7 Å². The monoisotopic (exact) mass is 289 g/mol. The minimum Gasteiger partial charge on any atom is -0.379 e. The number of anilines is 2. The van der Waals surface area contributed by atoms with Crippen molar-refractivity contribution in [2.75, 3.05) is 30.9 Å². The highest BCUT2D eigenvalue weighted by Crippen LogP contribution is 2.26. The van der Waals surface area contributed by atoms with E-state index in [1.54, 1.807) is 0 Å². The lowest BCUT2D eigenvalue weighted by Gasteiger charge is -2.19. The molecule has 2 unspecified atom stereocenters. The molecule has 1 fully saturated rings. The number of carbonyl (C=O) groups is 2. The number of hydrogen-bond donors (Lipinski definition) is 3. The zero-order chi connectivity index (χ0) is 14.8. The van der Waals surface area contributed by atoms with Crippen LogP contribution in [0.1, 0.15) is 12.0 Å². The van der Waals surface area contributed by atoms with Crippen molar-refractivity contribution in [1.82, 2.24) is 5.32 Å². The van der Waals surface area contributed by atoms with Crippen molar-refractivity contribution < 1.29 is 14.3 Å². The van der Waals surface area contributed by atoms with Crippen LogP contribution in [0.3, 0.4) is 0 Å². The van der Waals surface area contributed by atoms with E-state index in [-0.39, 0.29) is 23.8 Å². The zero-order valence-corrected chi connectivity index (χ0v) is 11.9. The summed E-state index contributed by atoms with van der Waals surface area (Å²) in [7, 11) is 1.83. The number of hydrogen-bond acceptors (Lipinski definition) is 4. The van der Waals surface area contributed by atoms with Crippen LogP contribution in [0.15, 0.2) is 18.2 Å². The summed E-state index contributed by atoms with van der Waals surface area (Å²) in [5.74, 6) is -0.170. The van der Waals surface area contributed by atoms with Gasteiger partial charge in [0.05, 0.1) is 19.1 Å². The zero-order valence-electron chi connectivity index (χ0n) is 11.9. The predicted molar refractivity (Wildman–Crippen MR) is 79.2 cm³/mol. The van der Waals surface area contributed by atoms with Gasteiger partial charge in [-0.2, -0.15) is 0 Å². The molecule has 3 N–H and O–H groups in total. The number of carbonyl (C=O) groups excluding carboxylic acids is 2. The van der Waals surface area contributed by atoms with E-state index in [4.69, 9.17) is 4.74 Å². The van der Waals surface area contributed by atoms with E-state index in [9.17, 15) is 9.59 Å². The lowest BCUT2D eigenvalue weighted by molar-refractivity contribution is -0.120. The molecular formula is C15H19N3O3. The maximum absolute atomic E-state index is 12.3. The molecule has 1 saturated heterocycles. The van der Waals surface area contributed by atoms with Gasteiger partial charge in [0.25, 0.3) is 0 Å². The molecule has 0 spiro atoms. The second-order valence-corrected chi connectivity index (χ2v) is 5.45. The van der Waals surface area contributed by atoms with Gasteiger partial charge in [0, 0.05) is 23.8 Å². The van der Waals surface area contributed by atoms with Gasteiger partial charge >= 0.3 is 0 Å². The Morgan fingerprint density at radius 3 is 3.00 bits per heavy atom. The summed E-state index contributed by atoms with van der Waals surface area (Å²) < 4.78 is 5.35. The average Bonchev–Trinajstić information content (AvgIpc) is 2.96. The van der Waals surface area contributed by atoms with Crippen LogP contribution >= 0.6 is 0 Å². The van der Waals surface area contributed by atoms with Crippen molar-refractivity contribution in [3.63, 3.8) is 0 Å². The third-order valence-corrected chi connectivity index (χ3v) is 4.06. The summed E-state index contributed by atoms with van der Waals surface area (Å²) in [6.07, 6.45) is 1.19. The van der Waals surface area contributed by atoms with Gasteiger partial charge in [0.2, 0.25) is 11.8 Å². The van der Waals surface area contributed by atoms with Crippen LogP contribution in [-0.4, -0.2) is 38.1 Å². The molecule has 0 aliphatic carbocycles. The fourth-order valence-corrected chi connectivity index (χ4v) is 2.79. The number of fused-ring (bicyclic) bond motifs is 1. The standard InChI is InChI=1S/C15H19N3O3/c1-16-13-8-21-7-11(13)15(20)17-10-3-4-12-9(6-10)2-5-14(19)18-12/h3-4,6,11,13,16H,2,5,7-8H2,1H3,(H,17,20)(H,18,19). The van der Waals surface area contributed by atoms with Crippen molar-refractivity contribution in [2.24, 2.45) is 5.92 Å². The number of ether oxygens (including phenoxy) is 1. The Morgan fingerprint density at radius 2 is 2.19 bits per heavy atom. The SMILES string of the molecule is CNC1COCC1C(=O)Nc1ccc2c(c1)CCC(=O)N2. The molecule has 6 nitrogen and oxygen atoms in total. The molecule has 2 amide bonds. The second kappa shape index (κ2) is 5.83. The number of nitrogens with one attached hydrogen (secondary N) is 3. The summed E-state index contributed by atoms with van der Waals surface area (Å²) in [6, 6.07) is 5.63. The largest absolute Gasteiger partial charge is 0.379 e. The van der Waals surface area contributed by atoms with Crippen LogP contribution < -0.4 is 16.0 Å². The highest BCUT2D eigenvalue weighted by Gasteiger charge is 2.33. The van der Waals surface area contributed by atoms with Crippen molar-refractivity contribution >= 4 is 23.2 Å². The van der Waals surface area contributed by atoms with E-state index >= 15 is 0 Å². The van der Waals surface area contributed by atoms with Gasteiger partial charge in [0.1, 0.15) is 0 Å². The third kappa shape index (κ3) is 2.91. The Kier molecular flexibility index (Phi) is 3.90. The molecule has 2 aliphatic rings. The van der Waals surface area contributed by atoms with Crippen LogP contribution in [0.2, 0.25) is 0 Å². The van der Waals surface area contributed by atoms with Crippen LogP contribution in [0.5, 0.6) is 0 Å².